The highest BCUT2D eigenvalue weighted by molar-refractivity contribution is 5.83. The van der Waals surface area contributed by atoms with Crippen molar-refractivity contribution in [3.63, 3.8) is 0 Å². The Labute approximate surface area is 96.7 Å². The molecule has 1 aromatic carbocycles. The Morgan fingerprint density at radius 1 is 1.25 bits per heavy atom. The average molecular weight is 214 g/mol. The highest BCUT2D eigenvalue weighted by Crippen LogP contribution is 2.19. The molecule has 2 rings (SSSR count). The molecule has 0 radical (unpaired) electrons. The van der Waals surface area contributed by atoms with Crippen molar-refractivity contribution in [1.82, 2.24) is 4.98 Å². The van der Waals surface area contributed by atoms with E-state index in [1.165, 1.54) is 10.9 Å². The lowest BCUT2D eigenvalue weighted by atomic mass is 10.1. The molecule has 0 amide bonds. The number of fused-ring (bicyclic) bond motifs is 1. The fraction of sp³-hybridized carbons (Fsp3) is 0.357. The second-order valence-corrected chi connectivity index (χ2v) is 4.62. The third-order valence-electron chi connectivity index (χ3n) is 2.61. The number of para-hydroxylation sites is 1. The maximum Gasteiger partial charge on any atom is 0.126 e. The molecule has 0 saturated carbocycles. The molecule has 0 aliphatic carbocycles. The Morgan fingerprint density at radius 3 is 2.75 bits per heavy atom. The van der Waals surface area contributed by atoms with Crippen molar-refractivity contribution in [2.45, 2.75) is 20.8 Å². The predicted octanol–water partition coefficient (Wildman–Crippen LogP) is 3.61. The largest absolute Gasteiger partial charge is 0.370 e. The van der Waals surface area contributed by atoms with Crippen LogP contribution in [0.2, 0.25) is 0 Å². The average Bonchev–Trinajstić information content (AvgIpc) is 2.26. The first-order valence-corrected chi connectivity index (χ1v) is 5.77. The molecule has 2 nitrogen and oxygen atoms in total. The number of hydrogen-bond donors (Lipinski definition) is 1. The first-order chi connectivity index (χ1) is 7.66. The summed E-state index contributed by atoms with van der Waals surface area (Å²) in [5.41, 5.74) is 2.34. The first-order valence-electron chi connectivity index (χ1n) is 5.77. The number of aryl methyl sites for hydroxylation is 1. The minimum absolute atomic E-state index is 0.633. The number of pyridine rings is 1. The van der Waals surface area contributed by atoms with Crippen molar-refractivity contribution >= 4 is 16.7 Å². The van der Waals surface area contributed by atoms with Crippen LogP contribution in [0.25, 0.3) is 10.9 Å². The number of nitrogens with one attached hydrogen (secondary N) is 1. The van der Waals surface area contributed by atoms with Crippen LogP contribution < -0.4 is 5.32 Å². The minimum Gasteiger partial charge on any atom is -0.370 e. The first kappa shape index (κ1) is 10.9. The normalized spacial score (nSPS) is 11.0. The fourth-order valence-electron chi connectivity index (χ4n) is 1.75. The van der Waals surface area contributed by atoms with Crippen molar-refractivity contribution in [2.75, 3.05) is 11.9 Å². The summed E-state index contributed by atoms with van der Waals surface area (Å²) in [7, 11) is 0. The van der Waals surface area contributed by atoms with Gasteiger partial charge in [-0.15, -0.1) is 0 Å². The molecule has 1 aromatic heterocycles. The van der Waals surface area contributed by atoms with Crippen LogP contribution in [0.15, 0.2) is 30.3 Å². The van der Waals surface area contributed by atoms with E-state index < -0.39 is 0 Å². The molecule has 0 unspecified atom stereocenters. The Hall–Kier alpha value is -1.57. The van der Waals surface area contributed by atoms with Crippen molar-refractivity contribution in [3.8, 4) is 0 Å². The van der Waals surface area contributed by atoms with Gasteiger partial charge in [-0.2, -0.15) is 0 Å². The molecule has 84 valence electrons. The number of benzene rings is 1. The van der Waals surface area contributed by atoms with Gasteiger partial charge in [0, 0.05) is 11.9 Å². The van der Waals surface area contributed by atoms with E-state index in [-0.39, 0.29) is 0 Å². The number of anilines is 1. The van der Waals surface area contributed by atoms with Crippen molar-refractivity contribution in [3.05, 3.63) is 35.9 Å². The van der Waals surface area contributed by atoms with E-state index in [2.05, 4.69) is 55.3 Å². The summed E-state index contributed by atoms with van der Waals surface area (Å²) in [6.45, 7) is 7.48. The van der Waals surface area contributed by atoms with Crippen LogP contribution in [0.5, 0.6) is 0 Å². The molecule has 0 saturated heterocycles. The van der Waals surface area contributed by atoms with Gasteiger partial charge in [0.15, 0.2) is 0 Å². The number of hydrogen-bond acceptors (Lipinski definition) is 2. The van der Waals surface area contributed by atoms with Gasteiger partial charge in [-0.25, -0.2) is 4.98 Å². The van der Waals surface area contributed by atoms with E-state index in [1.54, 1.807) is 0 Å². The van der Waals surface area contributed by atoms with Gasteiger partial charge in [0.05, 0.1) is 5.52 Å². The molecule has 2 heteroatoms. The molecular weight excluding hydrogens is 196 g/mol. The molecule has 0 aliphatic heterocycles. The van der Waals surface area contributed by atoms with Gasteiger partial charge >= 0.3 is 0 Å². The molecule has 16 heavy (non-hydrogen) atoms. The Morgan fingerprint density at radius 2 is 2.00 bits per heavy atom. The number of nitrogens with zero attached hydrogens (tertiary/aromatic N) is 1. The number of rotatable bonds is 3. The van der Waals surface area contributed by atoms with Crippen LogP contribution in [-0.4, -0.2) is 11.5 Å². The zero-order valence-electron chi connectivity index (χ0n) is 10.1. The lowest BCUT2D eigenvalue weighted by Gasteiger charge is -2.10. The summed E-state index contributed by atoms with van der Waals surface area (Å²) < 4.78 is 0. The smallest absolute Gasteiger partial charge is 0.126 e. The molecule has 1 heterocycles. The zero-order valence-corrected chi connectivity index (χ0v) is 10.1. The van der Waals surface area contributed by atoms with Gasteiger partial charge < -0.3 is 5.32 Å². The Kier molecular flexibility index (Phi) is 3.09. The lowest BCUT2D eigenvalue weighted by Crippen LogP contribution is -2.09. The van der Waals surface area contributed by atoms with Gasteiger partial charge in [0.25, 0.3) is 0 Å². The SMILES string of the molecule is Cc1cc(NCC(C)C)nc2ccccc12. The Bertz CT molecular complexity index is 489. The molecule has 0 aliphatic rings. The fourth-order valence-corrected chi connectivity index (χ4v) is 1.75. The maximum atomic E-state index is 4.60. The molecule has 0 bridgehead atoms. The van der Waals surface area contributed by atoms with E-state index in [9.17, 15) is 0 Å². The quantitative estimate of drug-likeness (QED) is 0.844. The lowest BCUT2D eigenvalue weighted by molar-refractivity contribution is 0.687. The monoisotopic (exact) mass is 214 g/mol. The Balaban J connectivity index is 2.34. The third kappa shape index (κ3) is 2.32. The summed E-state index contributed by atoms with van der Waals surface area (Å²) in [5, 5.41) is 4.60. The van der Waals surface area contributed by atoms with Crippen LogP contribution in [0.1, 0.15) is 19.4 Å². The van der Waals surface area contributed by atoms with Gasteiger partial charge in [0.2, 0.25) is 0 Å². The highest BCUT2D eigenvalue weighted by atomic mass is 15.0. The molecule has 2 aromatic rings. The van der Waals surface area contributed by atoms with Crippen LogP contribution in [-0.2, 0) is 0 Å². The second-order valence-electron chi connectivity index (χ2n) is 4.62. The van der Waals surface area contributed by atoms with E-state index >= 15 is 0 Å². The molecule has 1 N–H and O–H groups in total. The predicted molar refractivity (Wildman–Crippen MR) is 69.8 cm³/mol. The zero-order chi connectivity index (χ0) is 11.5. The van der Waals surface area contributed by atoms with Crippen LogP contribution >= 0.6 is 0 Å². The molecule has 0 fully saturated rings. The topological polar surface area (TPSA) is 24.9 Å². The second kappa shape index (κ2) is 4.52. The molecule has 0 spiro atoms. The van der Waals surface area contributed by atoms with E-state index in [1.807, 2.05) is 6.07 Å². The highest BCUT2D eigenvalue weighted by Gasteiger charge is 2.02. The minimum atomic E-state index is 0.633. The van der Waals surface area contributed by atoms with Crippen molar-refractivity contribution in [1.29, 1.82) is 0 Å². The van der Waals surface area contributed by atoms with Crippen molar-refractivity contribution in [2.24, 2.45) is 5.92 Å². The van der Waals surface area contributed by atoms with E-state index in [0.717, 1.165) is 17.9 Å². The van der Waals surface area contributed by atoms with Gasteiger partial charge in [-0.05, 0) is 30.5 Å². The standard InChI is InChI=1S/C14H18N2/c1-10(2)9-15-14-8-11(3)12-6-4-5-7-13(12)16-14/h4-8,10H,9H2,1-3H3,(H,15,16). The van der Waals surface area contributed by atoms with Crippen molar-refractivity contribution < 1.29 is 0 Å². The molecular formula is C14H18N2. The van der Waals surface area contributed by atoms with Gasteiger partial charge in [-0.3, -0.25) is 0 Å². The van der Waals surface area contributed by atoms with Crippen LogP contribution in [0, 0.1) is 12.8 Å². The molecule has 0 atom stereocenters. The summed E-state index contributed by atoms with van der Waals surface area (Å²) in [5.74, 6) is 1.61. The van der Waals surface area contributed by atoms with Gasteiger partial charge in [-0.1, -0.05) is 32.0 Å². The third-order valence-corrected chi connectivity index (χ3v) is 2.61. The summed E-state index contributed by atoms with van der Waals surface area (Å²) in [4.78, 5) is 4.60. The van der Waals surface area contributed by atoms with Crippen LogP contribution in [0.4, 0.5) is 5.82 Å². The summed E-state index contributed by atoms with van der Waals surface area (Å²) in [6, 6.07) is 10.4. The maximum absolute atomic E-state index is 4.60. The number of aromatic nitrogens is 1. The van der Waals surface area contributed by atoms with Gasteiger partial charge in [0.1, 0.15) is 5.82 Å². The van der Waals surface area contributed by atoms with Crippen LogP contribution in [0.3, 0.4) is 0 Å². The summed E-state index contributed by atoms with van der Waals surface area (Å²) in [6.07, 6.45) is 0. The van der Waals surface area contributed by atoms with E-state index in [0.29, 0.717) is 5.92 Å². The van der Waals surface area contributed by atoms with E-state index in [4.69, 9.17) is 0 Å². The summed E-state index contributed by atoms with van der Waals surface area (Å²) >= 11 is 0.